The second-order valence-electron chi connectivity index (χ2n) is 9.67. The summed E-state index contributed by atoms with van der Waals surface area (Å²) in [6.45, 7) is 4.21. The molecule has 6 atom stereocenters. The number of rotatable bonds is 10. The summed E-state index contributed by atoms with van der Waals surface area (Å²) in [5.74, 6) is -1.81. The van der Waals surface area contributed by atoms with Gasteiger partial charge in [0.1, 0.15) is 12.3 Å². The fourth-order valence-electron chi connectivity index (χ4n) is 5.06. The van der Waals surface area contributed by atoms with Crippen molar-refractivity contribution in [3.05, 3.63) is 50.5 Å². The topological polar surface area (TPSA) is 168 Å². The van der Waals surface area contributed by atoms with Crippen molar-refractivity contribution in [2.75, 3.05) is 19.3 Å². The highest BCUT2D eigenvalue weighted by molar-refractivity contribution is 8.03. The number of ether oxygens (including phenoxy) is 1. The number of aliphatic hydroxyl groups excluding tert-OH is 1. The quantitative estimate of drug-likeness (QED) is 0.162. The summed E-state index contributed by atoms with van der Waals surface area (Å²) in [5.41, 5.74) is 0.660. The van der Waals surface area contributed by atoms with E-state index in [9.17, 15) is 33.2 Å². The van der Waals surface area contributed by atoms with Gasteiger partial charge in [-0.15, -0.1) is 11.8 Å². The second-order valence-corrected chi connectivity index (χ2v) is 12.8. The van der Waals surface area contributed by atoms with Crippen molar-refractivity contribution < 1.29 is 32.8 Å². The van der Waals surface area contributed by atoms with Crippen molar-refractivity contribution in [3.63, 3.8) is 0 Å². The van der Waals surface area contributed by atoms with Crippen LogP contribution >= 0.6 is 11.8 Å². The number of nitro groups is 1. The van der Waals surface area contributed by atoms with Gasteiger partial charge in [-0.3, -0.25) is 14.9 Å². The van der Waals surface area contributed by atoms with Gasteiger partial charge in [0.25, 0.3) is 5.69 Å². The molecule has 0 spiro atoms. The first kappa shape index (κ1) is 27.5. The molecule has 0 aliphatic carbocycles. The number of hydrogen-bond donors (Lipinski definition) is 3. The van der Waals surface area contributed by atoms with Crippen molar-refractivity contribution in [2.24, 2.45) is 11.8 Å². The normalized spacial score (nSPS) is 28.2. The maximum Gasteiger partial charge on any atom is 0.356 e. The molecule has 0 aromatic heterocycles. The molecule has 14 heteroatoms. The van der Waals surface area contributed by atoms with Gasteiger partial charge in [0.2, 0.25) is 15.9 Å². The van der Waals surface area contributed by atoms with Crippen LogP contribution in [-0.2, 0) is 31.0 Å². The van der Waals surface area contributed by atoms with Gasteiger partial charge in [-0.05, 0) is 31.0 Å². The Morgan fingerprint density at radius 1 is 1.38 bits per heavy atom. The highest BCUT2D eigenvalue weighted by atomic mass is 32.2. The summed E-state index contributed by atoms with van der Waals surface area (Å²) < 4.78 is 30.9. The third-order valence-electron chi connectivity index (χ3n) is 6.89. The number of hydrogen-bond acceptors (Lipinski definition) is 10. The zero-order valence-corrected chi connectivity index (χ0v) is 22.3. The fourth-order valence-corrected chi connectivity index (χ4v) is 7.08. The van der Waals surface area contributed by atoms with Crippen molar-refractivity contribution in [1.82, 2.24) is 14.9 Å². The van der Waals surface area contributed by atoms with E-state index in [1.54, 1.807) is 6.92 Å². The number of amides is 1. The van der Waals surface area contributed by atoms with Crippen LogP contribution in [0.4, 0.5) is 5.69 Å². The molecule has 0 bridgehead atoms. The summed E-state index contributed by atoms with van der Waals surface area (Å²) in [6.07, 6.45) is 0.901. The van der Waals surface area contributed by atoms with Gasteiger partial charge >= 0.3 is 5.97 Å². The standard InChI is InChI=1S/C23H30N4O8S2/c1-12-19-18(13(2)28)22(29)26(19)20(23(30)35-11-14-4-6-16(7-5-14)27(31)32)21(12)36-17-8-15(24-10-17)9-25-37(3,33)34/h4-7,12-13,15,17-19,24-25,28H,8-11H2,1-3H3/t12-,13-,15+,17+,18-,19?/m1/s1. The average molecular weight is 555 g/mol. The number of thioether (sulfide) groups is 1. The molecule has 3 aliphatic rings. The number of non-ortho nitro benzene ring substituents is 1. The Hall–Kier alpha value is -2.52. The number of nitro benzene ring substituents is 1. The maximum absolute atomic E-state index is 13.3. The number of aliphatic hydroxyl groups is 1. The molecule has 202 valence electrons. The molecule has 37 heavy (non-hydrogen) atoms. The van der Waals surface area contributed by atoms with E-state index in [1.165, 1.54) is 40.9 Å². The molecule has 1 aromatic carbocycles. The first-order valence-corrected chi connectivity index (χ1v) is 14.6. The number of carbonyl (C=O) groups is 2. The van der Waals surface area contributed by atoms with Crippen LogP contribution < -0.4 is 10.0 Å². The Balaban J connectivity index is 1.50. The van der Waals surface area contributed by atoms with Crippen molar-refractivity contribution in [1.29, 1.82) is 0 Å². The first-order valence-electron chi connectivity index (χ1n) is 11.9. The lowest BCUT2D eigenvalue weighted by atomic mass is 9.79. The minimum atomic E-state index is -3.31. The summed E-state index contributed by atoms with van der Waals surface area (Å²) >= 11 is 1.48. The monoisotopic (exact) mass is 554 g/mol. The highest BCUT2D eigenvalue weighted by Crippen LogP contribution is 2.52. The number of benzene rings is 1. The van der Waals surface area contributed by atoms with Crippen LogP contribution in [0.2, 0.25) is 0 Å². The molecule has 4 rings (SSSR count). The van der Waals surface area contributed by atoms with Crippen LogP contribution in [0.3, 0.4) is 0 Å². The Labute approximate surface area is 219 Å². The predicted octanol–water partition coefficient (Wildman–Crippen LogP) is 0.720. The van der Waals surface area contributed by atoms with E-state index in [2.05, 4.69) is 10.0 Å². The summed E-state index contributed by atoms with van der Waals surface area (Å²) in [4.78, 5) is 38.6. The third kappa shape index (κ3) is 5.82. The lowest BCUT2D eigenvalue weighted by molar-refractivity contribution is -0.384. The van der Waals surface area contributed by atoms with Crippen LogP contribution in [0.15, 0.2) is 34.9 Å². The largest absolute Gasteiger partial charge is 0.456 e. The number of carbonyl (C=O) groups excluding carboxylic acids is 2. The van der Waals surface area contributed by atoms with E-state index in [0.717, 1.165) is 6.26 Å². The molecular formula is C23H30N4O8S2. The van der Waals surface area contributed by atoms with Crippen LogP contribution in [0.1, 0.15) is 25.8 Å². The van der Waals surface area contributed by atoms with Gasteiger partial charge in [-0.25, -0.2) is 17.9 Å². The predicted molar refractivity (Wildman–Crippen MR) is 136 cm³/mol. The molecule has 1 amide bonds. The fraction of sp³-hybridized carbons (Fsp3) is 0.565. The Morgan fingerprint density at radius 2 is 2.05 bits per heavy atom. The van der Waals surface area contributed by atoms with Gasteiger partial charge < -0.3 is 20.1 Å². The van der Waals surface area contributed by atoms with Crippen molar-refractivity contribution in [2.45, 2.75) is 50.3 Å². The highest BCUT2D eigenvalue weighted by Gasteiger charge is 2.60. The lowest BCUT2D eigenvalue weighted by Gasteiger charge is -2.46. The summed E-state index contributed by atoms with van der Waals surface area (Å²) in [5, 5.41) is 24.4. The van der Waals surface area contributed by atoms with Crippen LogP contribution in [0, 0.1) is 22.0 Å². The second kappa shape index (κ2) is 10.7. The van der Waals surface area contributed by atoms with E-state index in [1.807, 2.05) is 6.92 Å². The molecule has 0 radical (unpaired) electrons. The van der Waals surface area contributed by atoms with Crippen molar-refractivity contribution >= 4 is 39.3 Å². The smallest absolute Gasteiger partial charge is 0.356 e. The molecule has 3 aliphatic heterocycles. The molecule has 3 N–H and O–H groups in total. The number of nitrogens with zero attached hydrogens (tertiary/aromatic N) is 2. The maximum atomic E-state index is 13.3. The Morgan fingerprint density at radius 3 is 2.65 bits per heavy atom. The zero-order chi connectivity index (χ0) is 27.1. The van der Waals surface area contributed by atoms with Gasteiger partial charge in [-0.1, -0.05) is 6.92 Å². The van der Waals surface area contributed by atoms with Gasteiger partial charge in [0.15, 0.2) is 0 Å². The molecular weight excluding hydrogens is 524 g/mol. The van der Waals surface area contributed by atoms with E-state index in [4.69, 9.17) is 4.74 Å². The number of esters is 1. The molecule has 1 aromatic rings. The third-order valence-corrected chi connectivity index (χ3v) is 9.09. The number of β-lactam (4-membered cyclic amide) rings is 1. The van der Waals surface area contributed by atoms with Crippen LogP contribution in [0.5, 0.6) is 0 Å². The average Bonchev–Trinajstić information content (AvgIpc) is 3.37. The molecule has 12 nitrogen and oxygen atoms in total. The lowest BCUT2D eigenvalue weighted by Crippen LogP contribution is -2.63. The Bertz CT molecular complexity index is 1220. The minimum absolute atomic E-state index is 0.0417. The molecule has 2 saturated heterocycles. The van der Waals surface area contributed by atoms with E-state index >= 15 is 0 Å². The van der Waals surface area contributed by atoms with Gasteiger partial charge in [-0.2, -0.15) is 0 Å². The van der Waals surface area contributed by atoms with Crippen molar-refractivity contribution in [3.8, 4) is 0 Å². The Kier molecular flexibility index (Phi) is 7.95. The zero-order valence-electron chi connectivity index (χ0n) is 20.6. The van der Waals surface area contributed by atoms with E-state index in [0.29, 0.717) is 23.4 Å². The van der Waals surface area contributed by atoms with Gasteiger partial charge in [0.05, 0.1) is 29.2 Å². The SMILES string of the molecule is C[C@H]1C(S[C@@H]2CN[C@H](CNS(C)(=O)=O)C2)=C(C(=O)OCc2ccc([N+](=O)[O-])cc2)N2C(=O)[C@H]([C@@H](C)O)C12. The number of fused-ring (bicyclic) bond motifs is 1. The van der Waals surface area contributed by atoms with E-state index in [-0.39, 0.29) is 53.7 Å². The minimum Gasteiger partial charge on any atom is -0.456 e. The number of sulfonamides is 1. The van der Waals surface area contributed by atoms with Crippen LogP contribution in [-0.4, -0.2) is 78.0 Å². The number of nitrogens with one attached hydrogen (secondary N) is 2. The molecule has 3 heterocycles. The molecule has 0 saturated carbocycles. The van der Waals surface area contributed by atoms with Crippen LogP contribution in [0.25, 0.3) is 0 Å². The molecule has 1 unspecified atom stereocenters. The summed E-state index contributed by atoms with van der Waals surface area (Å²) in [6, 6.07) is 5.24. The van der Waals surface area contributed by atoms with Gasteiger partial charge in [0, 0.05) is 47.3 Å². The first-order chi connectivity index (χ1) is 17.4. The summed E-state index contributed by atoms with van der Waals surface area (Å²) in [7, 11) is -3.31. The van der Waals surface area contributed by atoms with E-state index < -0.39 is 32.9 Å². The molecule has 2 fully saturated rings.